The average molecular weight is 262 g/mol. The summed E-state index contributed by atoms with van der Waals surface area (Å²) >= 11 is 1.53. The minimum atomic E-state index is -0.841. The van der Waals surface area contributed by atoms with Crippen molar-refractivity contribution in [3.05, 3.63) is 46.4 Å². The van der Waals surface area contributed by atoms with E-state index in [1.54, 1.807) is 11.1 Å². The van der Waals surface area contributed by atoms with E-state index in [0.29, 0.717) is 6.54 Å². The average Bonchev–Trinajstić information content (AvgIpc) is 2.81. The Hall–Kier alpha value is -1.88. The fraction of sp³-hybridized carbons (Fsp3) is 0.231. The Morgan fingerprint density at radius 1 is 1.39 bits per heavy atom. The summed E-state index contributed by atoms with van der Waals surface area (Å²) in [7, 11) is 0. The molecule has 0 saturated heterocycles. The Bertz CT molecular complexity index is 508. The third kappa shape index (κ3) is 3.30. The van der Waals surface area contributed by atoms with E-state index in [-0.39, 0.29) is 6.54 Å². The molecule has 2 rings (SSSR count). The number of anilines is 1. The summed E-state index contributed by atoms with van der Waals surface area (Å²) in [6.45, 7) is 2.50. The maximum Gasteiger partial charge on any atom is 0.323 e. The van der Waals surface area contributed by atoms with Crippen molar-refractivity contribution in [1.82, 2.24) is 4.98 Å². The molecule has 0 aliphatic heterocycles. The fourth-order valence-corrected chi connectivity index (χ4v) is 2.28. The number of aryl methyl sites for hydroxylation is 1. The highest BCUT2D eigenvalue weighted by Gasteiger charge is 2.12. The van der Waals surface area contributed by atoms with E-state index in [0.717, 1.165) is 16.3 Å². The summed E-state index contributed by atoms with van der Waals surface area (Å²) in [5, 5.41) is 11.8. The highest BCUT2D eigenvalue weighted by molar-refractivity contribution is 7.09. The van der Waals surface area contributed by atoms with E-state index >= 15 is 0 Å². The van der Waals surface area contributed by atoms with E-state index < -0.39 is 5.97 Å². The van der Waals surface area contributed by atoms with Gasteiger partial charge < -0.3 is 10.0 Å². The number of benzene rings is 1. The first kappa shape index (κ1) is 12.6. The summed E-state index contributed by atoms with van der Waals surface area (Å²) < 4.78 is 0. The van der Waals surface area contributed by atoms with E-state index in [2.05, 4.69) is 4.98 Å². The highest BCUT2D eigenvalue weighted by atomic mass is 32.1. The number of carboxylic acids is 1. The molecule has 1 heterocycles. The molecule has 2 aromatic rings. The lowest BCUT2D eigenvalue weighted by molar-refractivity contribution is -0.135. The van der Waals surface area contributed by atoms with Gasteiger partial charge in [0.05, 0.1) is 6.54 Å². The van der Waals surface area contributed by atoms with Crippen LogP contribution in [0.5, 0.6) is 0 Å². The van der Waals surface area contributed by atoms with Crippen LogP contribution >= 0.6 is 11.3 Å². The predicted molar refractivity (Wildman–Crippen MR) is 72.0 cm³/mol. The molecule has 0 saturated carbocycles. The van der Waals surface area contributed by atoms with Gasteiger partial charge in [-0.3, -0.25) is 4.79 Å². The standard InChI is InChI=1S/C13H14N2O2S/c1-10-2-4-11(5-3-10)15(9-13(16)17)8-12-14-6-7-18-12/h2-7H,8-9H2,1H3,(H,16,17). The summed E-state index contributed by atoms with van der Waals surface area (Å²) in [5.74, 6) is -0.841. The molecule has 0 amide bonds. The molecule has 1 aromatic heterocycles. The number of nitrogens with zero attached hydrogens (tertiary/aromatic N) is 2. The van der Waals surface area contributed by atoms with Crippen LogP contribution < -0.4 is 4.90 Å². The molecule has 5 heteroatoms. The van der Waals surface area contributed by atoms with Gasteiger partial charge >= 0.3 is 5.97 Å². The van der Waals surface area contributed by atoms with Crippen molar-refractivity contribution >= 4 is 23.0 Å². The van der Waals surface area contributed by atoms with Gasteiger partial charge in [0.15, 0.2) is 0 Å². The van der Waals surface area contributed by atoms with Gasteiger partial charge in [0.25, 0.3) is 0 Å². The quantitative estimate of drug-likeness (QED) is 0.899. The Morgan fingerprint density at radius 3 is 2.67 bits per heavy atom. The van der Waals surface area contributed by atoms with E-state index in [4.69, 9.17) is 5.11 Å². The monoisotopic (exact) mass is 262 g/mol. The van der Waals surface area contributed by atoms with Crippen molar-refractivity contribution in [3.8, 4) is 0 Å². The molecule has 18 heavy (non-hydrogen) atoms. The first-order valence-corrected chi connectivity index (χ1v) is 6.45. The molecule has 0 fully saturated rings. The molecule has 4 nitrogen and oxygen atoms in total. The van der Waals surface area contributed by atoms with Crippen LogP contribution in [0.25, 0.3) is 0 Å². The van der Waals surface area contributed by atoms with E-state index in [9.17, 15) is 4.79 Å². The number of aromatic nitrogens is 1. The first-order chi connectivity index (χ1) is 8.65. The minimum Gasteiger partial charge on any atom is -0.480 e. The van der Waals surface area contributed by atoms with Gasteiger partial charge in [-0.2, -0.15) is 0 Å². The van der Waals surface area contributed by atoms with Crippen molar-refractivity contribution < 1.29 is 9.90 Å². The van der Waals surface area contributed by atoms with Crippen molar-refractivity contribution in [2.24, 2.45) is 0 Å². The van der Waals surface area contributed by atoms with Gasteiger partial charge in [-0.25, -0.2) is 4.98 Å². The maximum atomic E-state index is 10.9. The zero-order valence-corrected chi connectivity index (χ0v) is 10.9. The van der Waals surface area contributed by atoms with Crippen LogP contribution in [0, 0.1) is 6.92 Å². The first-order valence-electron chi connectivity index (χ1n) is 5.57. The Kier molecular flexibility index (Phi) is 3.94. The van der Waals surface area contributed by atoms with Crippen molar-refractivity contribution in [2.75, 3.05) is 11.4 Å². The number of rotatable bonds is 5. The Balaban J connectivity index is 2.19. The van der Waals surface area contributed by atoms with Crippen molar-refractivity contribution in [1.29, 1.82) is 0 Å². The molecule has 0 bridgehead atoms. The largest absolute Gasteiger partial charge is 0.480 e. The van der Waals surface area contributed by atoms with Gasteiger partial charge in [-0.05, 0) is 19.1 Å². The highest BCUT2D eigenvalue weighted by Crippen LogP contribution is 2.18. The molecular formula is C13H14N2O2S. The minimum absolute atomic E-state index is 0.0252. The zero-order valence-electron chi connectivity index (χ0n) is 10.0. The number of hydrogen-bond donors (Lipinski definition) is 1. The van der Waals surface area contributed by atoms with Crippen LogP contribution in [-0.4, -0.2) is 22.6 Å². The summed E-state index contributed by atoms with van der Waals surface area (Å²) in [6, 6.07) is 7.83. The molecule has 0 atom stereocenters. The van der Waals surface area contributed by atoms with E-state index in [1.165, 1.54) is 11.3 Å². The van der Waals surface area contributed by atoms with Crippen LogP contribution in [0.4, 0.5) is 5.69 Å². The molecule has 0 aliphatic rings. The van der Waals surface area contributed by atoms with E-state index in [1.807, 2.05) is 36.6 Å². The van der Waals surface area contributed by atoms with Crippen LogP contribution in [0.1, 0.15) is 10.6 Å². The topological polar surface area (TPSA) is 53.4 Å². The SMILES string of the molecule is Cc1ccc(N(CC(=O)O)Cc2nccs2)cc1. The number of carbonyl (C=O) groups is 1. The van der Waals surface area contributed by atoms with Crippen LogP contribution in [0.2, 0.25) is 0 Å². The molecule has 1 aromatic carbocycles. The second-order valence-corrected chi connectivity index (χ2v) is 4.99. The molecular weight excluding hydrogens is 248 g/mol. The number of aliphatic carboxylic acids is 1. The Labute approximate surface area is 110 Å². The Morgan fingerprint density at radius 2 is 2.11 bits per heavy atom. The third-order valence-electron chi connectivity index (χ3n) is 2.53. The van der Waals surface area contributed by atoms with Gasteiger partial charge in [0, 0.05) is 17.3 Å². The molecule has 0 aliphatic carbocycles. The van der Waals surface area contributed by atoms with Crippen LogP contribution in [0.3, 0.4) is 0 Å². The maximum absolute atomic E-state index is 10.9. The molecule has 0 unspecified atom stereocenters. The summed E-state index contributed by atoms with van der Waals surface area (Å²) in [4.78, 5) is 16.9. The molecule has 1 N–H and O–H groups in total. The van der Waals surface area contributed by atoms with Gasteiger partial charge in [0.1, 0.15) is 11.6 Å². The predicted octanol–water partition coefficient (Wildman–Crippen LogP) is 2.54. The molecule has 0 spiro atoms. The second kappa shape index (κ2) is 5.64. The smallest absolute Gasteiger partial charge is 0.323 e. The number of thiazole rings is 1. The normalized spacial score (nSPS) is 10.3. The fourth-order valence-electron chi connectivity index (χ4n) is 1.65. The number of carboxylic acid groups (broad SMARTS) is 1. The summed E-state index contributed by atoms with van der Waals surface area (Å²) in [6.07, 6.45) is 1.73. The van der Waals surface area contributed by atoms with Crippen molar-refractivity contribution in [2.45, 2.75) is 13.5 Å². The third-order valence-corrected chi connectivity index (χ3v) is 3.30. The number of hydrogen-bond acceptors (Lipinski definition) is 4. The molecule has 0 radical (unpaired) electrons. The van der Waals surface area contributed by atoms with Crippen molar-refractivity contribution in [3.63, 3.8) is 0 Å². The second-order valence-electron chi connectivity index (χ2n) is 4.01. The van der Waals surface area contributed by atoms with Gasteiger partial charge in [-0.1, -0.05) is 17.7 Å². The van der Waals surface area contributed by atoms with Gasteiger partial charge in [-0.15, -0.1) is 11.3 Å². The van der Waals surface area contributed by atoms with Gasteiger partial charge in [0.2, 0.25) is 0 Å². The lowest BCUT2D eigenvalue weighted by Gasteiger charge is -2.21. The summed E-state index contributed by atoms with van der Waals surface area (Å²) in [5.41, 5.74) is 2.06. The van der Waals surface area contributed by atoms with Crippen LogP contribution in [-0.2, 0) is 11.3 Å². The van der Waals surface area contributed by atoms with Crippen LogP contribution in [0.15, 0.2) is 35.8 Å². The molecule has 94 valence electrons. The lowest BCUT2D eigenvalue weighted by atomic mass is 10.2. The lowest BCUT2D eigenvalue weighted by Crippen LogP contribution is -2.29. The zero-order chi connectivity index (χ0) is 13.0.